The Morgan fingerprint density at radius 1 is 1.29 bits per heavy atom. The summed E-state index contributed by atoms with van der Waals surface area (Å²) in [6, 6.07) is 6.12. The van der Waals surface area contributed by atoms with Crippen LogP contribution in [0, 0.1) is 6.92 Å². The molecule has 2 nitrogen and oxygen atoms in total. The zero-order valence-electron chi connectivity index (χ0n) is 9.42. The third kappa shape index (κ3) is 2.85. The van der Waals surface area contributed by atoms with E-state index in [-0.39, 0.29) is 0 Å². The molecule has 3 heteroatoms. The standard InChI is InChI=1S/C11H19NOSi/c1-9-6-5-7-10(8-12)11(9)13-14(2,3)4/h5-7H,8,12H2,1-4H3. The van der Waals surface area contributed by atoms with Gasteiger partial charge in [0.25, 0.3) is 0 Å². The number of nitrogens with two attached hydrogens (primary N) is 1. The molecule has 0 unspecified atom stereocenters. The van der Waals surface area contributed by atoms with Gasteiger partial charge in [-0.25, -0.2) is 0 Å². The summed E-state index contributed by atoms with van der Waals surface area (Å²) in [4.78, 5) is 0. The van der Waals surface area contributed by atoms with Crippen LogP contribution < -0.4 is 10.2 Å². The van der Waals surface area contributed by atoms with Gasteiger partial charge in [-0.2, -0.15) is 0 Å². The molecule has 0 amide bonds. The van der Waals surface area contributed by atoms with Crippen molar-refractivity contribution in [3.8, 4) is 5.75 Å². The lowest BCUT2D eigenvalue weighted by Gasteiger charge is -2.23. The topological polar surface area (TPSA) is 35.2 Å². The van der Waals surface area contributed by atoms with Crippen LogP contribution >= 0.6 is 0 Å². The smallest absolute Gasteiger partial charge is 0.242 e. The molecule has 0 atom stereocenters. The van der Waals surface area contributed by atoms with E-state index in [1.165, 1.54) is 5.56 Å². The zero-order valence-corrected chi connectivity index (χ0v) is 10.4. The molecule has 1 aromatic rings. The van der Waals surface area contributed by atoms with Crippen molar-refractivity contribution in [1.82, 2.24) is 0 Å². The molecular weight excluding hydrogens is 190 g/mol. The minimum atomic E-state index is -1.53. The number of para-hydroxylation sites is 1. The fraction of sp³-hybridized carbons (Fsp3) is 0.455. The summed E-state index contributed by atoms with van der Waals surface area (Å²) in [5.74, 6) is 0.995. The maximum Gasteiger partial charge on any atom is 0.242 e. The number of aryl methyl sites for hydroxylation is 1. The van der Waals surface area contributed by atoms with E-state index in [2.05, 4.69) is 32.6 Å². The number of rotatable bonds is 3. The Balaban J connectivity index is 3.05. The number of hydrogen-bond donors (Lipinski definition) is 1. The van der Waals surface area contributed by atoms with E-state index in [1.54, 1.807) is 0 Å². The predicted molar refractivity (Wildman–Crippen MR) is 63.0 cm³/mol. The normalized spacial score (nSPS) is 11.5. The first kappa shape index (κ1) is 11.3. The minimum Gasteiger partial charge on any atom is -0.544 e. The molecule has 0 aliphatic heterocycles. The van der Waals surface area contributed by atoms with Crippen LogP contribution in [0.15, 0.2) is 18.2 Å². The Morgan fingerprint density at radius 2 is 1.93 bits per heavy atom. The molecule has 0 aromatic heterocycles. The van der Waals surface area contributed by atoms with Crippen molar-refractivity contribution < 1.29 is 4.43 Å². The summed E-state index contributed by atoms with van der Waals surface area (Å²) in [6.45, 7) is 9.15. The molecular formula is C11H19NOSi. The van der Waals surface area contributed by atoms with Gasteiger partial charge in [0.05, 0.1) is 0 Å². The SMILES string of the molecule is Cc1cccc(CN)c1O[Si](C)(C)C. The van der Waals surface area contributed by atoms with Gasteiger partial charge >= 0.3 is 0 Å². The zero-order chi connectivity index (χ0) is 10.8. The summed E-state index contributed by atoms with van der Waals surface area (Å²) in [5, 5.41) is 0. The maximum absolute atomic E-state index is 6.01. The molecule has 0 saturated heterocycles. The second-order valence-electron chi connectivity index (χ2n) is 4.48. The van der Waals surface area contributed by atoms with Crippen molar-refractivity contribution in [3.63, 3.8) is 0 Å². The molecule has 1 rings (SSSR count). The Bertz CT molecular complexity index is 318. The lowest BCUT2D eigenvalue weighted by atomic mass is 10.1. The molecule has 0 bridgehead atoms. The Morgan fingerprint density at radius 3 is 2.43 bits per heavy atom. The van der Waals surface area contributed by atoms with Crippen LogP contribution in [0.5, 0.6) is 5.75 Å². The van der Waals surface area contributed by atoms with Crippen molar-refractivity contribution >= 4 is 8.32 Å². The average molecular weight is 209 g/mol. The van der Waals surface area contributed by atoms with Crippen LogP contribution in [0.25, 0.3) is 0 Å². The van der Waals surface area contributed by atoms with Gasteiger partial charge < -0.3 is 10.2 Å². The van der Waals surface area contributed by atoms with E-state index in [4.69, 9.17) is 10.2 Å². The molecule has 0 saturated carbocycles. The van der Waals surface area contributed by atoms with Crippen LogP contribution in [0.2, 0.25) is 19.6 Å². The molecule has 0 spiro atoms. The van der Waals surface area contributed by atoms with E-state index < -0.39 is 8.32 Å². The lowest BCUT2D eigenvalue weighted by Crippen LogP contribution is -2.30. The highest BCUT2D eigenvalue weighted by atomic mass is 28.4. The predicted octanol–water partition coefficient (Wildman–Crippen LogP) is 2.67. The third-order valence-electron chi connectivity index (χ3n) is 1.92. The maximum atomic E-state index is 6.01. The molecule has 0 fully saturated rings. The first-order valence-electron chi connectivity index (χ1n) is 4.91. The monoisotopic (exact) mass is 209 g/mol. The van der Waals surface area contributed by atoms with Gasteiger partial charge in [-0.05, 0) is 32.1 Å². The third-order valence-corrected chi connectivity index (χ3v) is 2.74. The largest absolute Gasteiger partial charge is 0.544 e. The second-order valence-corrected chi connectivity index (χ2v) is 8.91. The van der Waals surface area contributed by atoms with Gasteiger partial charge in [-0.3, -0.25) is 0 Å². The lowest BCUT2D eigenvalue weighted by molar-refractivity contribution is 0.544. The summed E-state index contributed by atoms with van der Waals surface area (Å²) >= 11 is 0. The Labute approximate surface area is 87.2 Å². The van der Waals surface area contributed by atoms with Gasteiger partial charge in [0.1, 0.15) is 5.75 Å². The summed E-state index contributed by atoms with van der Waals surface area (Å²) < 4.78 is 6.01. The van der Waals surface area contributed by atoms with Crippen LogP contribution in [0.1, 0.15) is 11.1 Å². The van der Waals surface area contributed by atoms with Crippen molar-refractivity contribution in [3.05, 3.63) is 29.3 Å². The summed E-state index contributed by atoms with van der Waals surface area (Å²) in [7, 11) is -1.53. The van der Waals surface area contributed by atoms with E-state index in [0.29, 0.717) is 6.54 Å². The van der Waals surface area contributed by atoms with Crippen molar-refractivity contribution in [1.29, 1.82) is 0 Å². The molecule has 0 heterocycles. The first-order valence-corrected chi connectivity index (χ1v) is 8.32. The van der Waals surface area contributed by atoms with Crippen molar-refractivity contribution in [2.24, 2.45) is 5.73 Å². The highest BCUT2D eigenvalue weighted by Gasteiger charge is 2.18. The molecule has 14 heavy (non-hydrogen) atoms. The van der Waals surface area contributed by atoms with Crippen LogP contribution in [0.4, 0.5) is 0 Å². The van der Waals surface area contributed by atoms with E-state index in [1.807, 2.05) is 12.1 Å². The van der Waals surface area contributed by atoms with Gasteiger partial charge in [0, 0.05) is 12.1 Å². The summed E-state index contributed by atoms with van der Waals surface area (Å²) in [5.41, 5.74) is 7.95. The van der Waals surface area contributed by atoms with Gasteiger partial charge in [-0.15, -0.1) is 0 Å². The molecule has 1 aromatic carbocycles. The molecule has 0 radical (unpaired) electrons. The van der Waals surface area contributed by atoms with E-state index in [9.17, 15) is 0 Å². The molecule has 2 N–H and O–H groups in total. The van der Waals surface area contributed by atoms with Crippen LogP contribution in [-0.2, 0) is 6.54 Å². The van der Waals surface area contributed by atoms with Gasteiger partial charge in [0.15, 0.2) is 0 Å². The second kappa shape index (κ2) is 4.15. The fourth-order valence-electron chi connectivity index (χ4n) is 1.33. The highest BCUT2D eigenvalue weighted by Crippen LogP contribution is 2.25. The van der Waals surface area contributed by atoms with Crippen molar-refractivity contribution in [2.45, 2.75) is 33.1 Å². The van der Waals surface area contributed by atoms with Crippen molar-refractivity contribution in [2.75, 3.05) is 0 Å². The first-order chi connectivity index (χ1) is 6.44. The van der Waals surface area contributed by atoms with E-state index in [0.717, 1.165) is 11.3 Å². The quantitative estimate of drug-likeness (QED) is 0.777. The van der Waals surface area contributed by atoms with Crippen LogP contribution in [0.3, 0.4) is 0 Å². The fourth-order valence-corrected chi connectivity index (χ4v) is 2.23. The average Bonchev–Trinajstić information content (AvgIpc) is 2.06. The van der Waals surface area contributed by atoms with Gasteiger partial charge in [0.2, 0.25) is 8.32 Å². The number of hydrogen-bond acceptors (Lipinski definition) is 2. The summed E-state index contributed by atoms with van der Waals surface area (Å²) in [6.07, 6.45) is 0. The Hall–Kier alpha value is -0.803. The Kier molecular flexibility index (Phi) is 3.34. The number of benzene rings is 1. The highest BCUT2D eigenvalue weighted by molar-refractivity contribution is 6.70. The van der Waals surface area contributed by atoms with E-state index >= 15 is 0 Å². The molecule has 0 aliphatic rings. The molecule has 0 aliphatic carbocycles. The minimum absolute atomic E-state index is 0.543. The van der Waals surface area contributed by atoms with Crippen LogP contribution in [-0.4, -0.2) is 8.32 Å². The molecule has 78 valence electrons. The van der Waals surface area contributed by atoms with Gasteiger partial charge in [-0.1, -0.05) is 18.2 Å².